The van der Waals surface area contributed by atoms with Gasteiger partial charge < -0.3 is 20.6 Å². The monoisotopic (exact) mass is 357 g/mol. The summed E-state index contributed by atoms with van der Waals surface area (Å²) in [5.74, 6) is -1.04. The maximum absolute atomic E-state index is 11.9. The molecule has 0 fully saturated rings. The number of likely N-dealkylation sites (N-methyl/N-ethyl adjacent to an activating group) is 1. The summed E-state index contributed by atoms with van der Waals surface area (Å²) in [6.07, 6.45) is 0. The van der Waals surface area contributed by atoms with E-state index in [2.05, 4.69) is 26.6 Å². The Labute approximate surface area is 132 Å². The highest BCUT2D eigenvalue weighted by Gasteiger charge is 2.21. The number of urea groups is 1. The molecule has 116 valence electrons. The lowest BCUT2D eigenvalue weighted by Crippen LogP contribution is -2.49. The van der Waals surface area contributed by atoms with Gasteiger partial charge in [-0.1, -0.05) is 0 Å². The molecule has 2 amide bonds. The molecule has 0 bridgehead atoms. The fraction of sp³-hybridized carbons (Fsp3) is 0.429. The highest BCUT2D eigenvalue weighted by Crippen LogP contribution is 2.23. The molecule has 0 saturated carbocycles. The summed E-state index contributed by atoms with van der Waals surface area (Å²) in [4.78, 5) is 24.8. The second-order valence-electron chi connectivity index (χ2n) is 5.51. The third kappa shape index (κ3) is 5.02. The van der Waals surface area contributed by atoms with Crippen LogP contribution in [-0.4, -0.2) is 48.2 Å². The number of hydrogen-bond donors (Lipinski definition) is 3. The van der Waals surface area contributed by atoms with E-state index in [0.29, 0.717) is 16.7 Å². The smallest absolute Gasteiger partial charge is 0.335 e. The number of aromatic carboxylic acids is 1. The van der Waals surface area contributed by atoms with E-state index < -0.39 is 5.97 Å². The molecule has 0 aromatic heterocycles. The molecule has 0 atom stereocenters. The molecule has 1 rings (SSSR count). The molecular weight excluding hydrogens is 338 g/mol. The van der Waals surface area contributed by atoms with Crippen molar-refractivity contribution >= 4 is 33.6 Å². The van der Waals surface area contributed by atoms with Crippen molar-refractivity contribution in [2.45, 2.75) is 19.4 Å². The summed E-state index contributed by atoms with van der Waals surface area (Å²) in [5.41, 5.74) is 0.342. The van der Waals surface area contributed by atoms with Gasteiger partial charge >= 0.3 is 12.0 Å². The Kier molecular flexibility index (Phi) is 5.74. The van der Waals surface area contributed by atoms with Crippen LogP contribution in [0.5, 0.6) is 0 Å². The number of nitrogens with zero attached hydrogens (tertiary/aromatic N) is 1. The van der Waals surface area contributed by atoms with Crippen molar-refractivity contribution in [2.75, 3.05) is 26.0 Å². The minimum absolute atomic E-state index is 0.113. The van der Waals surface area contributed by atoms with Crippen LogP contribution in [0.4, 0.5) is 10.5 Å². The number of carboxylic acid groups (broad SMARTS) is 1. The Morgan fingerprint density at radius 2 is 1.95 bits per heavy atom. The number of benzene rings is 1. The predicted molar refractivity (Wildman–Crippen MR) is 85.9 cm³/mol. The molecule has 1 aromatic rings. The number of carbonyl (C=O) groups excluding carboxylic acids is 1. The molecule has 21 heavy (non-hydrogen) atoms. The Morgan fingerprint density at radius 1 is 1.33 bits per heavy atom. The Balaban J connectivity index is 2.71. The molecule has 0 aliphatic rings. The lowest BCUT2D eigenvalue weighted by atomic mass is 10.1. The highest BCUT2D eigenvalue weighted by atomic mass is 79.9. The quantitative estimate of drug-likeness (QED) is 0.756. The molecule has 0 radical (unpaired) electrons. The predicted octanol–water partition coefficient (Wildman–Crippen LogP) is 2.61. The van der Waals surface area contributed by atoms with Crippen LogP contribution in [0.25, 0.3) is 0 Å². The van der Waals surface area contributed by atoms with Crippen molar-refractivity contribution in [2.24, 2.45) is 0 Å². The van der Waals surface area contributed by atoms with Gasteiger partial charge in [0, 0.05) is 16.6 Å². The van der Waals surface area contributed by atoms with Crippen molar-refractivity contribution in [3.63, 3.8) is 0 Å². The maximum Gasteiger partial charge on any atom is 0.335 e. The number of carboxylic acids is 1. The van der Waals surface area contributed by atoms with Gasteiger partial charge in [0.25, 0.3) is 0 Å². The van der Waals surface area contributed by atoms with Crippen LogP contribution in [-0.2, 0) is 0 Å². The minimum Gasteiger partial charge on any atom is -0.478 e. The number of halogens is 1. The molecule has 6 nitrogen and oxygen atoms in total. The topological polar surface area (TPSA) is 81.7 Å². The summed E-state index contributed by atoms with van der Waals surface area (Å²) in [6, 6.07) is 4.07. The molecule has 7 heteroatoms. The van der Waals surface area contributed by atoms with Crippen molar-refractivity contribution < 1.29 is 14.7 Å². The summed E-state index contributed by atoms with van der Waals surface area (Å²) in [5, 5.41) is 14.4. The fourth-order valence-electron chi connectivity index (χ4n) is 1.38. The second kappa shape index (κ2) is 6.91. The number of carbonyl (C=O) groups is 2. The van der Waals surface area contributed by atoms with E-state index >= 15 is 0 Å². The second-order valence-corrected chi connectivity index (χ2v) is 6.37. The lowest BCUT2D eigenvalue weighted by Gasteiger charge is -2.32. The zero-order valence-electron chi connectivity index (χ0n) is 12.5. The van der Waals surface area contributed by atoms with Crippen LogP contribution in [0.2, 0.25) is 0 Å². The number of amides is 2. The van der Waals surface area contributed by atoms with Crippen LogP contribution in [0.3, 0.4) is 0 Å². The highest BCUT2D eigenvalue weighted by molar-refractivity contribution is 9.10. The first-order valence-corrected chi connectivity index (χ1v) is 7.18. The molecule has 1 aromatic carbocycles. The van der Waals surface area contributed by atoms with E-state index in [4.69, 9.17) is 5.11 Å². The van der Waals surface area contributed by atoms with Gasteiger partial charge in [-0.3, -0.25) is 0 Å². The molecule has 0 aliphatic carbocycles. The van der Waals surface area contributed by atoms with Crippen molar-refractivity contribution in [3.05, 3.63) is 28.2 Å². The van der Waals surface area contributed by atoms with Crippen molar-refractivity contribution in [1.29, 1.82) is 0 Å². The van der Waals surface area contributed by atoms with Crippen LogP contribution in [0.15, 0.2) is 22.7 Å². The Hall–Kier alpha value is -1.60. The Bertz CT molecular complexity index is 544. The average Bonchev–Trinajstić information content (AvgIpc) is 2.38. The fourth-order valence-corrected chi connectivity index (χ4v) is 1.72. The molecule has 0 aliphatic heterocycles. The standard InChI is InChI=1S/C14H20BrN3O3/c1-14(2,18(3)4)8-16-13(21)17-11-7-9(12(19)20)5-6-10(11)15/h5-7H,8H2,1-4H3,(H,19,20)(H2,16,17,21). The van der Waals surface area contributed by atoms with Crippen LogP contribution in [0, 0.1) is 0 Å². The largest absolute Gasteiger partial charge is 0.478 e. The number of hydrogen-bond acceptors (Lipinski definition) is 3. The molecule has 0 unspecified atom stereocenters. The summed E-state index contributed by atoms with van der Waals surface area (Å²) >= 11 is 3.28. The normalized spacial score (nSPS) is 11.3. The molecule has 0 saturated heterocycles. The first-order chi connectivity index (χ1) is 9.63. The van der Waals surface area contributed by atoms with E-state index in [1.54, 1.807) is 6.07 Å². The van der Waals surface area contributed by atoms with Gasteiger partial charge in [0.05, 0.1) is 11.3 Å². The zero-order chi connectivity index (χ0) is 16.2. The van der Waals surface area contributed by atoms with Gasteiger partial charge in [-0.15, -0.1) is 0 Å². The van der Waals surface area contributed by atoms with E-state index in [1.807, 2.05) is 32.8 Å². The van der Waals surface area contributed by atoms with E-state index in [9.17, 15) is 9.59 Å². The van der Waals surface area contributed by atoms with Crippen molar-refractivity contribution in [1.82, 2.24) is 10.2 Å². The first kappa shape index (κ1) is 17.5. The first-order valence-electron chi connectivity index (χ1n) is 6.38. The summed E-state index contributed by atoms with van der Waals surface area (Å²) < 4.78 is 0.620. The zero-order valence-corrected chi connectivity index (χ0v) is 14.1. The molecule has 0 spiro atoms. The molecular formula is C14H20BrN3O3. The molecule has 0 heterocycles. The van der Waals surface area contributed by atoms with Gasteiger partial charge in [-0.25, -0.2) is 9.59 Å². The van der Waals surface area contributed by atoms with E-state index in [1.165, 1.54) is 12.1 Å². The van der Waals surface area contributed by atoms with Gasteiger partial charge in [0.2, 0.25) is 0 Å². The third-order valence-corrected chi connectivity index (χ3v) is 4.05. The number of rotatable bonds is 5. The van der Waals surface area contributed by atoms with Crippen LogP contribution < -0.4 is 10.6 Å². The van der Waals surface area contributed by atoms with Gasteiger partial charge in [0.1, 0.15) is 0 Å². The van der Waals surface area contributed by atoms with Crippen LogP contribution >= 0.6 is 15.9 Å². The number of nitrogens with one attached hydrogen (secondary N) is 2. The van der Waals surface area contributed by atoms with Gasteiger partial charge in [-0.05, 0) is 62.1 Å². The molecule has 3 N–H and O–H groups in total. The lowest BCUT2D eigenvalue weighted by molar-refractivity contribution is 0.0697. The SMILES string of the molecule is CN(C)C(C)(C)CNC(=O)Nc1cc(C(=O)O)ccc1Br. The third-order valence-electron chi connectivity index (χ3n) is 3.35. The van der Waals surface area contributed by atoms with Crippen molar-refractivity contribution in [3.8, 4) is 0 Å². The Morgan fingerprint density at radius 3 is 2.48 bits per heavy atom. The summed E-state index contributed by atoms with van der Waals surface area (Å²) in [7, 11) is 3.87. The average molecular weight is 358 g/mol. The summed E-state index contributed by atoms with van der Waals surface area (Å²) in [6.45, 7) is 4.48. The van der Waals surface area contributed by atoms with Gasteiger partial charge in [-0.2, -0.15) is 0 Å². The maximum atomic E-state index is 11.9. The minimum atomic E-state index is -1.04. The van der Waals surface area contributed by atoms with Crippen LogP contribution in [0.1, 0.15) is 24.2 Å². The van der Waals surface area contributed by atoms with E-state index in [0.717, 1.165) is 0 Å². The number of anilines is 1. The van der Waals surface area contributed by atoms with E-state index in [-0.39, 0.29) is 17.1 Å². The van der Waals surface area contributed by atoms with Gasteiger partial charge in [0.15, 0.2) is 0 Å².